The van der Waals surface area contributed by atoms with Gasteiger partial charge in [0.15, 0.2) is 0 Å². The molecular weight excluding hydrogens is 266 g/mol. The number of nitro groups is 2. The minimum Gasteiger partial charge on any atom is -0.411 e. The van der Waals surface area contributed by atoms with Crippen molar-refractivity contribution in [1.29, 1.82) is 0 Å². The topological polar surface area (TPSA) is 119 Å². The van der Waals surface area contributed by atoms with Gasteiger partial charge in [-0.1, -0.05) is 11.6 Å². The lowest BCUT2D eigenvalue weighted by molar-refractivity contribution is -0.394. The van der Waals surface area contributed by atoms with E-state index in [0.717, 1.165) is 18.9 Å². The molecule has 0 bridgehead atoms. The maximum absolute atomic E-state index is 11.1. The van der Waals surface area contributed by atoms with Crippen LogP contribution >= 0.6 is 0 Å². The van der Waals surface area contributed by atoms with Crippen molar-refractivity contribution in [3.8, 4) is 0 Å². The van der Waals surface area contributed by atoms with Crippen LogP contribution < -0.4 is 0 Å². The van der Waals surface area contributed by atoms with E-state index in [1.165, 1.54) is 12.1 Å². The third-order valence-corrected chi connectivity index (χ3v) is 3.50. The lowest BCUT2D eigenvalue weighted by Crippen LogP contribution is -2.18. The first-order valence-corrected chi connectivity index (χ1v) is 6.18. The largest absolute Gasteiger partial charge is 0.411 e. The number of hydrogen-bond donors (Lipinski definition) is 1. The van der Waals surface area contributed by atoms with Crippen LogP contribution in [0, 0.1) is 20.2 Å². The van der Waals surface area contributed by atoms with Crippen LogP contribution in [-0.2, 0) is 0 Å². The quantitative estimate of drug-likeness (QED) is 0.518. The molecule has 20 heavy (non-hydrogen) atoms. The molecule has 1 atom stereocenters. The second kappa shape index (κ2) is 5.64. The van der Waals surface area contributed by atoms with E-state index >= 15 is 0 Å². The van der Waals surface area contributed by atoms with E-state index in [4.69, 9.17) is 5.21 Å². The average molecular weight is 279 g/mol. The maximum atomic E-state index is 11.1. The Bertz CT molecular complexity index is 584. The van der Waals surface area contributed by atoms with Crippen LogP contribution in [0.4, 0.5) is 11.4 Å². The molecule has 0 aliphatic heterocycles. The second-order valence-electron chi connectivity index (χ2n) is 4.65. The van der Waals surface area contributed by atoms with Gasteiger partial charge in [0.1, 0.15) is 0 Å². The van der Waals surface area contributed by atoms with Crippen LogP contribution in [-0.4, -0.2) is 20.8 Å². The van der Waals surface area contributed by atoms with E-state index in [2.05, 4.69) is 5.16 Å². The molecular formula is C12H13N3O5. The first-order chi connectivity index (χ1) is 9.54. The molecule has 106 valence electrons. The van der Waals surface area contributed by atoms with Crippen molar-refractivity contribution < 1.29 is 15.1 Å². The fourth-order valence-electron chi connectivity index (χ4n) is 2.55. The zero-order chi connectivity index (χ0) is 14.7. The monoisotopic (exact) mass is 279 g/mol. The number of hydrogen-bond acceptors (Lipinski definition) is 6. The number of oxime groups is 1. The van der Waals surface area contributed by atoms with Crippen LogP contribution in [0.25, 0.3) is 0 Å². The molecule has 1 aliphatic carbocycles. The fourth-order valence-corrected chi connectivity index (χ4v) is 2.55. The van der Waals surface area contributed by atoms with Crippen LogP contribution in [0.3, 0.4) is 0 Å². The molecule has 8 nitrogen and oxygen atoms in total. The second-order valence-corrected chi connectivity index (χ2v) is 4.65. The van der Waals surface area contributed by atoms with E-state index in [1.807, 2.05) is 0 Å². The van der Waals surface area contributed by atoms with Crippen molar-refractivity contribution in [3.05, 3.63) is 44.0 Å². The Hall–Kier alpha value is -2.51. The predicted molar refractivity (Wildman–Crippen MR) is 70.2 cm³/mol. The normalized spacial score (nSPS) is 20.8. The van der Waals surface area contributed by atoms with Gasteiger partial charge in [0.25, 0.3) is 11.4 Å². The third kappa shape index (κ3) is 2.58. The molecule has 1 saturated carbocycles. The highest BCUT2D eigenvalue weighted by molar-refractivity contribution is 5.92. The first-order valence-electron chi connectivity index (χ1n) is 6.18. The summed E-state index contributed by atoms with van der Waals surface area (Å²) in [5, 5.41) is 34.0. The van der Waals surface area contributed by atoms with Gasteiger partial charge in [0.2, 0.25) is 0 Å². The lowest BCUT2D eigenvalue weighted by Gasteiger charge is -2.22. The summed E-state index contributed by atoms with van der Waals surface area (Å²) in [5.41, 5.74) is 0.243. The van der Waals surface area contributed by atoms with Gasteiger partial charge in [0.05, 0.1) is 21.6 Å². The Labute approximate surface area is 114 Å². The van der Waals surface area contributed by atoms with Crippen LogP contribution in [0.15, 0.2) is 23.4 Å². The molecule has 0 amide bonds. The molecule has 2 rings (SSSR count). The zero-order valence-electron chi connectivity index (χ0n) is 10.6. The van der Waals surface area contributed by atoms with Gasteiger partial charge in [-0.05, 0) is 25.3 Å². The van der Waals surface area contributed by atoms with Gasteiger partial charge in [-0.2, -0.15) is 0 Å². The molecule has 1 N–H and O–H groups in total. The van der Waals surface area contributed by atoms with Gasteiger partial charge in [0, 0.05) is 17.5 Å². The SMILES string of the molecule is O=[N+]([O-])c1ccc([C@H]2CCCC/C2=N\O)c([N+](=O)[O-])c1. The highest BCUT2D eigenvalue weighted by Gasteiger charge is 2.30. The number of non-ortho nitro benzene ring substituents is 1. The Morgan fingerprint density at radius 3 is 2.55 bits per heavy atom. The molecule has 1 aromatic rings. The molecule has 0 heterocycles. The lowest BCUT2D eigenvalue weighted by atomic mass is 9.81. The number of benzene rings is 1. The molecule has 1 fully saturated rings. The predicted octanol–water partition coefficient (Wildman–Crippen LogP) is 2.99. The highest BCUT2D eigenvalue weighted by Crippen LogP contribution is 2.37. The fraction of sp³-hybridized carbons (Fsp3) is 0.417. The van der Waals surface area contributed by atoms with E-state index in [0.29, 0.717) is 24.1 Å². The molecule has 1 aliphatic rings. The van der Waals surface area contributed by atoms with Gasteiger partial charge in [-0.25, -0.2) is 0 Å². The summed E-state index contributed by atoms with van der Waals surface area (Å²) < 4.78 is 0. The summed E-state index contributed by atoms with van der Waals surface area (Å²) in [6.07, 6.45) is 2.96. The summed E-state index contributed by atoms with van der Waals surface area (Å²) in [4.78, 5) is 20.5. The van der Waals surface area contributed by atoms with Crippen molar-refractivity contribution >= 4 is 17.1 Å². The standard InChI is InChI=1S/C12H13N3O5/c16-13-11-4-2-1-3-9(11)10-6-5-8(14(17)18)7-12(10)15(19)20/h5-7,9,16H,1-4H2/b13-11+/t9-/m1/s1. The van der Waals surface area contributed by atoms with Gasteiger partial charge in [-0.3, -0.25) is 20.2 Å². The Balaban J connectivity index is 2.50. The molecule has 0 spiro atoms. The van der Waals surface area contributed by atoms with Gasteiger partial charge >= 0.3 is 0 Å². The van der Waals surface area contributed by atoms with Crippen molar-refractivity contribution in [1.82, 2.24) is 0 Å². The summed E-state index contributed by atoms with van der Waals surface area (Å²) >= 11 is 0. The summed E-state index contributed by atoms with van der Waals surface area (Å²) in [6, 6.07) is 3.59. The highest BCUT2D eigenvalue weighted by atomic mass is 16.6. The Kier molecular flexibility index (Phi) is 3.92. The molecule has 8 heteroatoms. The molecule has 0 aromatic heterocycles. The van der Waals surface area contributed by atoms with Crippen molar-refractivity contribution in [3.63, 3.8) is 0 Å². The van der Waals surface area contributed by atoms with E-state index in [-0.39, 0.29) is 17.3 Å². The summed E-state index contributed by atoms with van der Waals surface area (Å²) in [5.74, 6) is -0.352. The number of rotatable bonds is 3. The van der Waals surface area contributed by atoms with Crippen LogP contribution in [0.2, 0.25) is 0 Å². The Morgan fingerprint density at radius 2 is 1.95 bits per heavy atom. The molecule has 0 radical (unpaired) electrons. The smallest absolute Gasteiger partial charge is 0.280 e. The van der Waals surface area contributed by atoms with Crippen molar-refractivity contribution in [2.45, 2.75) is 31.6 Å². The van der Waals surface area contributed by atoms with Crippen LogP contribution in [0.1, 0.15) is 37.2 Å². The zero-order valence-corrected chi connectivity index (χ0v) is 10.6. The van der Waals surface area contributed by atoms with Crippen molar-refractivity contribution in [2.75, 3.05) is 0 Å². The summed E-state index contributed by atoms with van der Waals surface area (Å²) in [6.45, 7) is 0. The number of nitro benzene ring substituents is 2. The molecule has 0 saturated heterocycles. The van der Waals surface area contributed by atoms with Gasteiger partial charge < -0.3 is 5.21 Å². The third-order valence-electron chi connectivity index (χ3n) is 3.50. The maximum Gasteiger partial charge on any atom is 0.280 e. The van der Waals surface area contributed by atoms with Crippen molar-refractivity contribution in [2.24, 2.45) is 5.16 Å². The number of nitrogens with zero attached hydrogens (tertiary/aromatic N) is 3. The van der Waals surface area contributed by atoms with E-state index < -0.39 is 9.85 Å². The summed E-state index contributed by atoms with van der Waals surface area (Å²) in [7, 11) is 0. The van der Waals surface area contributed by atoms with Gasteiger partial charge in [-0.15, -0.1) is 0 Å². The minimum atomic E-state index is -0.668. The molecule has 1 aromatic carbocycles. The minimum absolute atomic E-state index is 0.299. The average Bonchev–Trinajstić information content (AvgIpc) is 2.46. The Morgan fingerprint density at radius 1 is 1.20 bits per heavy atom. The van der Waals surface area contributed by atoms with E-state index in [1.54, 1.807) is 0 Å². The van der Waals surface area contributed by atoms with Crippen LogP contribution in [0.5, 0.6) is 0 Å². The molecule has 0 unspecified atom stereocenters. The van der Waals surface area contributed by atoms with E-state index in [9.17, 15) is 20.2 Å². The first kappa shape index (κ1) is 13.9.